The van der Waals surface area contributed by atoms with Gasteiger partial charge in [0.25, 0.3) is 0 Å². The van der Waals surface area contributed by atoms with Gasteiger partial charge in [0.2, 0.25) is 0 Å². The van der Waals surface area contributed by atoms with Gasteiger partial charge >= 0.3 is 5.97 Å². The number of pyridine rings is 1. The van der Waals surface area contributed by atoms with Crippen LogP contribution in [0.5, 0.6) is 5.75 Å². The summed E-state index contributed by atoms with van der Waals surface area (Å²) < 4.78 is 5.78. The van der Waals surface area contributed by atoms with Crippen molar-refractivity contribution in [2.24, 2.45) is 0 Å². The van der Waals surface area contributed by atoms with E-state index in [4.69, 9.17) is 9.72 Å². The molecule has 0 unspecified atom stereocenters. The van der Waals surface area contributed by atoms with Gasteiger partial charge in [-0.1, -0.05) is 78.9 Å². The fourth-order valence-electron chi connectivity index (χ4n) is 3.71. The van der Waals surface area contributed by atoms with Crippen LogP contribution in [0.25, 0.3) is 32.9 Å². The molecule has 0 saturated carbocycles. The van der Waals surface area contributed by atoms with Gasteiger partial charge in [-0.2, -0.15) is 0 Å². The molecule has 0 aliphatic carbocycles. The lowest BCUT2D eigenvalue weighted by atomic mass is 10.0. The number of hydrogen-bond acceptors (Lipinski definition) is 3. The minimum atomic E-state index is -0.388. The predicted octanol–water partition coefficient (Wildman–Crippen LogP) is 6.58. The van der Waals surface area contributed by atoms with E-state index in [1.165, 1.54) is 0 Å². The average Bonchev–Trinajstić information content (AvgIpc) is 2.79. The smallest absolute Gasteiger partial charge is 0.344 e. The van der Waals surface area contributed by atoms with E-state index in [9.17, 15) is 4.79 Å². The van der Waals surface area contributed by atoms with Crippen molar-refractivity contribution < 1.29 is 9.53 Å². The molecule has 0 bridgehead atoms. The number of esters is 1. The molecular weight excluding hydrogens is 370 g/mol. The lowest BCUT2D eigenvalue weighted by Gasteiger charge is -2.12. The fraction of sp³-hybridized carbons (Fsp3) is 0.0370. The maximum atomic E-state index is 13.2. The Balaban J connectivity index is 1.61. The van der Waals surface area contributed by atoms with Crippen molar-refractivity contribution in [3.8, 4) is 17.0 Å². The fourth-order valence-corrected chi connectivity index (χ4v) is 3.71. The van der Waals surface area contributed by atoms with E-state index in [0.717, 1.165) is 38.5 Å². The number of carbonyl (C=O) groups is 1. The highest BCUT2D eigenvalue weighted by molar-refractivity contribution is 6.06. The summed E-state index contributed by atoms with van der Waals surface area (Å²) in [5.41, 5.74) is 4.05. The molecule has 0 aliphatic rings. The van der Waals surface area contributed by atoms with Crippen LogP contribution in [0, 0.1) is 6.92 Å². The molecule has 3 heteroatoms. The molecular formula is C27H19NO2. The van der Waals surface area contributed by atoms with E-state index < -0.39 is 0 Å². The number of hydrogen-bond donors (Lipinski definition) is 0. The minimum absolute atomic E-state index is 0.388. The SMILES string of the molecule is Cc1cccc2c(C(=O)Oc3ccc4ccccc4c3)cc(-c3ccccc3)nc12. The number of carbonyl (C=O) groups excluding carboxylic acids is 1. The number of benzene rings is 4. The van der Waals surface area contributed by atoms with Gasteiger partial charge in [0.15, 0.2) is 0 Å². The van der Waals surface area contributed by atoms with E-state index in [1.54, 1.807) is 0 Å². The molecule has 3 nitrogen and oxygen atoms in total. The van der Waals surface area contributed by atoms with E-state index >= 15 is 0 Å². The largest absolute Gasteiger partial charge is 0.423 e. The summed E-state index contributed by atoms with van der Waals surface area (Å²) in [5, 5.41) is 2.93. The first-order chi connectivity index (χ1) is 14.7. The van der Waals surface area contributed by atoms with Gasteiger partial charge < -0.3 is 4.74 Å². The van der Waals surface area contributed by atoms with Gasteiger partial charge in [-0.15, -0.1) is 0 Å². The molecule has 0 radical (unpaired) electrons. The molecule has 0 fully saturated rings. The Hall–Kier alpha value is -3.98. The van der Waals surface area contributed by atoms with Crippen molar-refractivity contribution in [1.82, 2.24) is 4.98 Å². The number of ether oxygens (including phenoxy) is 1. The number of fused-ring (bicyclic) bond motifs is 2. The van der Waals surface area contributed by atoms with Crippen LogP contribution >= 0.6 is 0 Å². The molecule has 0 N–H and O–H groups in total. The predicted molar refractivity (Wildman–Crippen MR) is 121 cm³/mol. The Kier molecular flexibility index (Phi) is 4.49. The second kappa shape index (κ2) is 7.45. The highest BCUT2D eigenvalue weighted by atomic mass is 16.5. The van der Waals surface area contributed by atoms with Crippen LogP contribution < -0.4 is 4.74 Å². The van der Waals surface area contributed by atoms with Gasteiger partial charge in [-0.25, -0.2) is 9.78 Å². The van der Waals surface area contributed by atoms with Crippen LogP contribution in [0.3, 0.4) is 0 Å². The van der Waals surface area contributed by atoms with Gasteiger partial charge in [0, 0.05) is 10.9 Å². The van der Waals surface area contributed by atoms with Gasteiger partial charge in [0.1, 0.15) is 5.75 Å². The topological polar surface area (TPSA) is 39.2 Å². The third-order valence-electron chi connectivity index (χ3n) is 5.26. The quantitative estimate of drug-likeness (QED) is 0.258. The Labute approximate surface area is 174 Å². The molecule has 0 amide bonds. The standard InChI is InChI=1S/C27H19NO2/c1-18-8-7-13-23-24(17-25(28-26(18)23)20-10-3-2-4-11-20)27(29)30-22-15-14-19-9-5-6-12-21(19)16-22/h2-17H,1H3. The maximum absolute atomic E-state index is 13.2. The second-order valence-corrected chi connectivity index (χ2v) is 7.29. The highest BCUT2D eigenvalue weighted by Gasteiger charge is 2.17. The van der Waals surface area contributed by atoms with Crippen LogP contribution in [0.1, 0.15) is 15.9 Å². The molecule has 144 valence electrons. The van der Waals surface area contributed by atoms with Crippen LogP contribution in [0.15, 0.2) is 97.1 Å². The summed E-state index contributed by atoms with van der Waals surface area (Å²) in [4.78, 5) is 18.0. The van der Waals surface area contributed by atoms with Gasteiger partial charge in [-0.05, 0) is 41.5 Å². The lowest BCUT2D eigenvalue weighted by molar-refractivity contribution is 0.0737. The molecule has 1 heterocycles. The van der Waals surface area contributed by atoms with Gasteiger partial charge in [-0.3, -0.25) is 0 Å². The molecule has 4 aromatic carbocycles. The molecule has 5 aromatic rings. The zero-order valence-electron chi connectivity index (χ0n) is 16.5. The van der Waals surface area contributed by atoms with Crippen molar-refractivity contribution in [3.63, 3.8) is 0 Å². The van der Waals surface area contributed by atoms with Gasteiger partial charge in [0.05, 0.1) is 16.8 Å². The molecule has 0 atom stereocenters. The average molecular weight is 389 g/mol. The Morgan fingerprint density at radius 1 is 0.767 bits per heavy atom. The Morgan fingerprint density at radius 2 is 1.53 bits per heavy atom. The maximum Gasteiger partial charge on any atom is 0.344 e. The Morgan fingerprint density at radius 3 is 2.37 bits per heavy atom. The first-order valence-corrected chi connectivity index (χ1v) is 9.86. The summed E-state index contributed by atoms with van der Waals surface area (Å²) in [5.74, 6) is 0.137. The highest BCUT2D eigenvalue weighted by Crippen LogP contribution is 2.28. The molecule has 0 saturated heterocycles. The monoisotopic (exact) mass is 389 g/mol. The molecule has 0 aliphatic heterocycles. The Bertz CT molecular complexity index is 1390. The first kappa shape index (κ1) is 18.1. The molecule has 0 spiro atoms. The van der Waals surface area contributed by atoms with Crippen molar-refractivity contribution in [1.29, 1.82) is 0 Å². The van der Waals surface area contributed by atoms with E-state index in [2.05, 4.69) is 0 Å². The normalized spacial score (nSPS) is 11.0. The van der Waals surface area contributed by atoms with Crippen molar-refractivity contribution in [2.75, 3.05) is 0 Å². The summed E-state index contributed by atoms with van der Waals surface area (Å²) >= 11 is 0. The zero-order chi connectivity index (χ0) is 20.5. The van der Waals surface area contributed by atoms with E-state index in [0.29, 0.717) is 11.3 Å². The summed E-state index contributed by atoms with van der Waals surface area (Å²) in [6, 6.07) is 31.2. The second-order valence-electron chi connectivity index (χ2n) is 7.29. The number of nitrogens with zero attached hydrogens (tertiary/aromatic N) is 1. The zero-order valence-corrected chi connectivity index (χ0v) is 16.5. The number of para-hydroxylation sites is 1. The number of aryl methyl sites for hydroxylation is 1. The van der Waals surface area contributed by atoms with Crippen LogP contribution in [0.2, 0.25) is 0 Å². The van der Waals surface area contributed by atoms with Crippen molar-refractivity contribution in [3.05, 3.63) is 108 Å². The van der Waals surface area contributed by atoms with Crippen LogP contribution in [0.4, 0.5) is 0 Å². The third-order valence-corrected chi connectivity index (χ3v) is 5.26. The number of rotatable bonds is 3. The van der Waals surface area contributed by atoms with Crippen LogP contribution in [-0.2, 0) is 0 Å². The molecule has 1 aromatic heterocycles. The first-order valence-electron chi connectivity index (χ1n) is 9.86. The van der Waals surface area contributed by atoms with Crippen molar-refractivity contribution >= 4 is 27.6 Å². The van der Waals surface area contributed by atoms with E-state index in [1.807, 2.05) is 104 Å². The van der Waals surface area contributed by atoms with E-state index in [-0.39, 0.29) is 5.97 Å². The van der Waals surface area contributed by atoms with Crippen molar-refractivity contribution in [2.45, 2.75) is 6.92 Å². The minimum Gasteiger partial charge on any atom is -0.423 e. The lowest BCUT2D eigenvalue weighted by Crippen LogP contribution is -2.10. The van der Waals surface area contributed by atoms with Crippen LogP contribution in [-0.4, -0.2) is 11.0 Å². The number of aromatic nitrogens is 1. The molecule has 30 heavy (non-hydrogen) atoms. The molecule has 5 rings (SSSR count). The third kappa shape index (κ3) is 3.31. The summed E-state index contributed by atoms with van der Waals surface area (Å²) in [7, 11) is 0. The summed E-state index contributed by atoms with van der Waals surface area (Å²) in [6.45, 7) is 2.00. The summed E-state index contributed by atoms with van der Waals surface area (Å²) in [6.07, 6.45) is 0.